The minimum absolute atomic E-state index is 0.00670. The quantitative estimate of drug-likeness (QED) is 0.475. The molecule has 6 nitrogen and oxygen atoms in total. The highest BCUT2D eigenvalue weighted by molar-refractivity contribution is 6.80. The van der Waals surface area contributed by atoms with Crippen LogP contribution >= 0.6 is 0 Å². The molecule has 7 heteroatoms. The standard InChI is InChI=1S/C23H38O6Si/c1-25-19(24)15-16-10-11-18-20(26-16)22-21(17(27-18)9-8-14-30(2,3)4)28-23(29-22)12-6-5-7-13-23/h8,14,16-18,20-22H,5-7,9-13,15H2,1-4H3/b14-8+/t16?,17-,18?,20-,21+,22?/m0/s1. The third-order valence-electron chi connectivity index (χ3n) is 6.78. The molecular weight excluding hydrogens is 400 g/mol. The summed E-state index contributed by atoms with van der Waals surface area (Å²) in [5.74, 6) is -0.709. The topological polar surface area (TPSA) is 63.2 Å². The van der Waals surface area contributed by atoms with E-state index >= 15 is 0 Å². The minimum Gasteiger partial charge on any atom is -0.469 e. The third-order valence-corrected chi connectivity index (χ3v) is 8.01. The molecule has 4 rings (SSSR count). The highest BCUT2D eigenvalue weighted by Gasteiger charge is 2.59. The molecule has 3 aliphatic heterocycles. The minimum atomic E-state index is -1.25. The van der Waals surface area contributed by atoms with Crippen LogP contribution in [0.4, 0.5) is 0 Å². The van der Waals surface area contributed by atoms with Crippen LogP contribution in [0.25, 0.3) is 0 Å². The van der Waals surface area contributed by atoms with Gasteiger partial charge in [-0.3, -0.25) is 4.79 Å². The molecule has 0 aromatic heterocycles. The van der Waals surface area contributed by atoms with E-state index in [1.54, 1.807) is 0 Å². The van der Waals surface area contributed by atoms with Gasteiger partial charge in [0.1, 0.15) is 18.3 Å². The molecule has 30 heavy (non-hydrogen) atoms. The summed E-state index contributed by atoms with van der Waals surface area (Å²) in [5, 5.41) is 0. The average Bonchev–Trinajstić information content (AvgIpc) is 3.07. The van der Waals surface area contributed by atoms with Crippen molar-refractivity contribution in [2.45, 2.75) is 120 Å². The molecule has 0 aromatic rings. The van der Waals surface area contributed by atoms with Gasteiger partial charge in [-0.1, -0.05) is 37.8 Å². The van der Waals surface area contributed by atoms with E-state index in [0.717, 1.165) is 44.9 Å². The van der Waals surface area contributed by atoms with Crippen molar-refractivity contribution in [2.24, 2.45) is 0 Å². The Kier molecular flexibility index (Phi) is 6.75. The van der Waals surface area contributed by atoms with E-state index in [1.807, 2.05) is 0 Å². The Hall–Kier alpha value is -0.733. The summed E-state index contributed by atoms with van der Waals surface area (Å²) >= 11 is 0. The Bertz CT molecular complexity index is 638. The summed E-state index contributed by atoms with van der Waals surface area (Å²) in [6.45, 7) is 7.02. The van der Waals surface area contributed by atoms with Gasteiger partial charge in [0.15, 0.2) is 5.79 Å². The maximum absolute atomic E-state index is 11.8. The summed E-state index contributed by atoms with van der Waals surface area (Å²) in [4.78, 5) is 11.8. The van der Waals surface area contributed by atoms with Crippen LogP contribution in [0.15, 0.2) is 11.8 Å². The van der Waals surface area contributed by atoms with Crippen LogP contribution in [0.2, 0.25) is 19.6 Å². The predicted octanol–water partition coefficient (Wildman–Crippen LogP) is 4.13. The second kappa shape index (κ2) is 9.02. The van der Waals surface area contributed by atoms with Gasteiger partial charge in [0.05, 0.1) is 39.9 Å². The van der Waals surface area contributed by atoms with Gasteiger partial charge in [-0.25, -0.2) is 0 Å². The lowest BCUT2D eigenvalue weighted by Crippen LogP contribution is -2.59. The molecule has 0 N–H and O–H groups in total. The van der Waals surface area contributed by atoms with Gasteiger partial charge in [0, 0.05) is 12.8 Å². The molecule has 3 saturated heterocycles. The number of methoxy groups -OCH3 is 1. The second-order valence-electron chi connectivity index (χ2n) is 10.4. The molecular formula is C23H38O6Si. The van der Waals surface area contributed by atoms with Crippen molar-refractivity contribution in [3.05, 3.63) is 11.8 Å². The molecule has 170 valence electrons. The third kappa shape index (κ3) is 5.01. The van der Waals surface area contributed by atoms with Gasteiger partial charge in [-0.05, 0) is 32.1 Å². The van der Waals surface area contributed by atoms with E-state index in [4.69, 9.17) is 23.7 Å². The molecule has 4 aliphatic rings. The maximum Gasteiger partial charge on any atom is 0.308 e. The molecule has 1 spiro atoms. The van der Waals surface area contributed by atoms with Gasteiger partial charge in [-0.15, -0.1) is 0 Å². The molecule has 3 unspecified atom stereocenters. The van der Waals surface area contributed by atoms with Crippen LogP contribution in [0.3, 0.4) is 0 Å². The Morgan fingerprint density at radius 3 is 2.47 bits per heavy atom. The normalized spacial score (nSPS) is 38.4. The molecule has 0 amide bonds. The van der Waals surface area contributed by atoms with Gasteiger partial charge >= 0.3 is 5.97 Å². The summed E-state index contributed by atoms with van der Waals surface area (Å²) in [6.07, 6.45) is 9.91. The first kappa shape index (κ1) is 22.5. The molecule has 1 aliphatic carbocycles. The molecule has 0 bridgehead atoms. The Morgan fingerprint density at radius 1 is 1.03 bits per heavy atom. The summed E-state index contributed by atoms with van der Waals surface area (Å²) in [6, 6.07) is 0. The van der Waals surface area contributed by atoms with Gasteiger partial charge < -0.3 is 23.7 Å². The van der Waals surface area contributed by atoms with Crippen molar-refractivity contribution in [3.8, 4) is 0 Å². The second-order valence-corrected chi connectivity index (χ2v) is 15.5. The fourth-order valence-corrected chi connectivity index (χ4v) is 6.16. The fourth-order valence-electron chi connectivity index (χ4n) is 5.32. The van der Waals surface area contributed by atoms with E-state index in [-0.39, 0.29) is 49.0 Å². The number of fused-ring (bicyclic) bond motifs is 3. The Labute approximate surface area is 181 Å². The van der Waals surface area contributed by atoms with E-state index in [9.17, 15) is 4.79 Å². The maximum atomic E-state index is 11.8. The average molecular weight is 439 g/mol. The van der Waals surface area contributed by atoms with Crippen molar-refractivity contribution in [2.75, 3.05) is 7.11 Å². The zero-order chi connectivity index (χ0) is 21.4. The van der Waals surface area contributed by atoms with Crippen molar-refractivity contribution in [1.82, 2.24) is 0 Å². The first-order chi connectivity index (χ1) is 14.3. The summed E-state index contributed by atoms with van der Waals surface area (Å²) in [5.41, 5.74) is 2.38. The van der Waals surface area contributed by atoms with Crippen LogP contribution in [-0.2, 0) is 28.5 Å². The lowest BCUT2D eigenvalue weighted by molar-refractivity contribution is -0.239. The largest absolute Gasteiger partial charge is 0.469 e. The number of hydrogen-bond acceptors (Lipinski definition) is 6. The van der Waals surface area contributed by atoms with Crippen LogP contribution < -0.4 is 0 Å². The highest BCUT2D eigenvalue weighted by Crippen LogP contribution is 2.47. The van der Waals surface area contributed by atoms with Crippen molar-refractivity contribution in [3.63, 3.8) is 0 Å². The van der Waals surface area contributed by atoms with E-state index < -0.39 is 13.9 Å². The number of rotatable bonds is 5. The van der Waals surface area contributed by atoms with Gasteiger partial charge in [0.2, 0.25) is 0 Å². The molecule has 4 fully saturated rings. The molecule has 1 saturated carbocycles. The van der Waals surface area contributed by atoms with Gasteiger partial charge in [0.25, 0.3) is 0 Å². The zero-order valence-corrected chi connectivity index (χ0v) is 19.9. The number of esters is 1. The lowest BCUT2D eigenvalue weighted by Gasteiger charge is -2.46. The summed E-state index contributed by atoms with van der Waals surface area (Å²) < 4.78 is 31.1. The number of ether oxygens (including phenoxy) is 5. The number of carbonyl (C=O) groups is 1. The van der Waals surface area contributed by atoms with Crippen LogP contribution in [0.5, 0.6) is 0 Å². The van der Waals surface area contributed by atoms with Crippen molar-refractivity contribution in [1.29, 1.82) is 0 Å². The molecule has 6 atom stereocenters. The molecule has 3 heterocycles. The Balaban J connectivity index is 1.51. The molecule has 0 radical (unpaired) electrons. The zero-order valence-electron chi connectivity index (χ0n) is 18.9. The van der Waals surface area contributed by atoms with Crippen LogP contribution in [0, 0.1) is 0 Å². The van der Waals surface area contributed by atoms with Crippen molar-refractivity contribution < 1.29 is 28.5 Å². The van der Waals surface area contributed by atoms with E-state index in [2.05, 4.69) is 31.4 Å². The first-order valence-corrected chi connectivity index (χ1v) is 15.3. The lowest BCUT2D eigenvalue weighted by atomic mass is 9.88. The molecule has 0 aromatic carbocycles. The summed E-state index contributed by atoms with van der Waals surface area (Å²) in [7, 11) is 0.170. The smallest absolute Gasteiger partial charge is 0.308 e. The highest BCUT2D eigenvalue weighted by atomic mass is 28.3. The number of carbonyl (C=O) groups excluding carboxylic acids is 1. The van der Waals surface area contributed by atoms with Crippen LogP contribution in [-0.4, -0.2) is 63.6 Å². The van der Waals surface area contributed by atoms with E-state index in [0.29, 0.717) is 0 Å². The first-order valence-electron chi connectivity index (χ1n) is 11.7. The van der Waals surface area contributed by atoms with Crippen LogP contribution in [0.1, 0.15) is 57.8 Å². The fraction of sp³-hybridized carbons (Fsp3) is 0.870. The number of hydrogen-bond donors (Lipinski definition) is 0. The van der Waals surface area contributed by atoms with Gasteiger partial charge in [-0.2, -0.15) is 0 Å². The SMILES string of the molecule is COC(=O)CC1CCC2O[C@@H](C/C=C/[Si](C)(C)C)[C@H]3OC4(CCCCC4)OC3[C@H]2O1. The Morgan fingerprint density at radius 2 is 1.77 bits per heavy atom. The van der Waals surface area contributed by atoms with Crippen molar-refractivity contribution >= 4 is 14.0 Å². The monoisotopic (exact) mass is 438 g/mol. The van der Waals surface area contributed by atoms with E-state index in [1.165, 1.54) is 13.5 Å². The predicted molar refractivity (Wildman–Crippen MR) is 116 cm³/mol.